The fourth-order valence-corrected chi connectivity index (χ4v) is 5.31. The number of ketones is 1. The van der Waals surface area contributed by atoms with Crippen molar-refractivity contribution in [2.75, 3.05) is 13.7 Å². The summed E-state index contributed by atoms with van der Waals surface area (Å²) in [5, 5.41) is 74.9. The molecule has 240 valence electrons. The lowest BCUT2D eigenvalue weighted by Crippen LogP contribution is -2.61. The summed E-state index contributed by atoms with van der Waals surface area (Å²) in [7, 11) is 1.39. The summed E-state index contributed by atoms with van der Waals surface area (Å²) in [6.07, 6.45) is -14.4. The van der Waals surface area contributed by atoms with E-state index >= 15 is 0 Å². The minimum Gasteiger partial charge on any atom is -0.507 e. The van der Waals surface area contributed by atoms with E-state index in [4.69, 9.17) is 28.4 Å². The van der Waals surface area contributed by atoms with Crippen LogP contribution in [0.3, 0.4) is 0 Å². The van der Waals surface area contributed by atoms with E-state index in [0.29, 0.717) is 5.56 Å². The van der Waals surface area contributed by atoms with E-state index in [1.54, 1.807) is 6.07 Å². The number of hydrogen-bond acceptors (Lipinski definition) is 16. The molecule has 0 aliphatic carbocycles. The Morgan fingerprint density at radius 2 is 1.66 bits per heavy atom. The maximum absolute atomic E-state index is 12.9. The number of aliphatic hydroxyl groups is 5. The zero-order valence-electron chi connectivity index (χ0n) is 23.5. The van der Waals surface area contributed by atoms with E-state index in [-0.39, 0.29) is 35.0 Å². The van der Waals surface area contributed by atoms with Crippen molar-refractivity contribution in [1.82, 2.24) is 0 Å². The van der Waals surface area contributed by atoms with Crippen LogP contribution >= 0.6 is 0 Å². The van der Waals surface area contributed by atoms with Crippen LogP contribution in [0.25, 0.3) is 0 Å². The Morgan fingerprint density at radius 3 is 2.34 bits per heavy atom. The molecule has 2 saturated heterocycles. The number of phenols is 2. The molecule has 2 fully saturated rings. The van der Waals surface area contributed by atoms with Gasteiger partial charge in [0.25, 0.3) is 0 Å². The van der Waals surface area contributed by atoms with E-state index in [0.717, 1.165) is 6.07 Å². The van der Waals surface area contributed by atoms with E-state index in [9.17, 15) is 45.4 Å². The molecule has 0 spiro atoms. The van der Waals surface area contributed by atoms with Crippen molar-refractivity contribution in [3.05, 3.63) is 46.4 Å². The number of rotatable bonds is 8. The zero-order chi connectivity index (χ0) is 31.9. The second kappa shape index (κ2) is 12.8. The van der Waals surface area contributed by atoms with Crippen LogP contribution in [0.4, 0.5) is 0 Å². The number of nitroso groups, excluding NO2 is 1. The van der Waals surface area contributed by atoms with Gasteiger partial charge in [0.2, 0.25) is 6.29 Å². The number of hydrogen-bond donors (Lipinski definition) is 7. The number of methoxy groups -OCH3 is 1. The van der Waals surface area contributed by atoms with Gasteiger partial charge >= 0.3 is 0 Å². The Hall–Kier alpha value is -3.61. The van der Waals surface area contributed by atoms with Crippen LogP contribution in [0.15, 0.2) is 35.5 Å². The molecule has 16 nitrogen and oxygen atoms in total. The number of Topliss-reactive ketones (excluding diaryl/α,β-unsaturated/α-hetero) is 1. The van der Waals surface area contributed by atoms with Gasteiger partial charge in [0.1, 0.15) is 65.5 Å². The van der Waals surface area contributed by atoms with Crippen molar-refractivity contribution >= 4 is 5.78 Å². The number of ether oxygens (including phenoxy) is 6. The first kappa shape index (κ1) is 31.8. The summed E-state index contributed by atoms with van der Waals surface area (Å²) in [5.41, 5.74) is 0.340. The maximum atomic E-state index is 12.9. The molecule has 44 heavy (non-hydrogen) atoms. The van der Waals surface area contributed by atoms with Crippen LogP contribution in [-0.4, -0.2) is 117 Å². The van der Waals surface area contributed by atoms with Gasteiger partial charge < -0.3 is 64.2 Å². The number of nitrogens with zero attached hydrogens (tertiary/aromatic N) is 1. The summed E-state index contributed by atoms with van der Waals surface area (Å²) in [4.78, 5) is 24.5. The summed E-state index contributed by atoms with van der Waals surface area (Å²) >= 11 is 0. The molecular formula is C28H33NO15. The number of aromatic hydroxyl groups is 2. The largest absolute Gasteiger partial charge is 0.507 e. The molecule has 0 amide bonds. The van der Waals surface area contributed by atoms with Crippen molar-refractivity contribution in [3.8, 4) is 28.7 Å². The molecule has 2 aromatic carbocycles. The summed E-state index contributed by atoms with van der Waals surface area (Å²) in [5.74, 6) is -1.11. The summed E-state index contributed by atoms with van der Waals surface area (Å²) < 4.78 is 33.2. The summed E-state index contributed by atoms with van der Waals surface area (Å²) in [6, 6.07) is 5.18. The van der Waals surface area contributed by atoms with E-state index in [2.05, 4.69) is 5.18 Å². The smallest absolute Gasteiger partial charge is 0.229 e. The quantitative estimate of drug-likeness (QED) is 0.185. The second-order valence-electron chi connectivity index (χ2n) is 10.7. The third-order valence-corrected chi connectivity index (χ3v) is 7.82. The fraction of sp³-hybridized carbons (Fsp3) is 0.536. The van der Waals surface area contributed by atoms with Gasteiger partial charge in [-0.2, -0.15) is 4.91 Å². The Balaban J connectivity index is 1.33. The normalized spacial score (nSPS) is 35.3. The van der Waals surface area contributed by atoms with Gasteiger partial charge in [-0.1, -0.05) is 11.2 Å². The number of carbonyl (C=O) groups excluding carboxylic acids is 1. The fourth-order valence-electron chi connectivity index (χ4n) is 5.31. The molecule has 5 rings (SSSR count). The molecule has 0 aromatic heterocycles. The third kappa shape index (κ3) is 6.02. The van der Waals surface area contributed by atoms with Gasteiger partial charge in [-0.05, 0) is 24.6 Å². The SMILES string of the molecule is COc1ccc([C@@H]2CC(=O)c3c(O)cc(O[C@@H]4OC(CO[C@@H]5O[C@@H](C)[C@H](O)C(O)C5O)[C@@H](O)C(O)[C@@H]4N=O)cc3O2)cc1O. The zero-order valence-corrected chi connectivity index (χ0v) is 23.5. The molecule has 3 heterocycles. The van der Waals surface area contributed by atoms with E-state index in [1.165, 1.54) is 32.2 Å². The van der Waals surface area contributed by atoms with Crippen LogP contribution in [-0.2, 0) is 14.2 Å². The average molecular weight is 624 g/mol. The van der Waals surface area contributed by atoms with Crippen molar-refractivity contribution in [1.29, 1.82) is 0 Å². The highest BCUT2D eigenvalue weighted by Crippen LogP contribution is 2.43. The van der Waals surface area contributed by atoms with Gasteiger partial charge in [-0.15, -0.1) is 0 Å². The van der Waals surface area contributed by atoms with Gasteiger partial charge in [-0.3, -0.25) is 4.79 Å². The molecule has 11 atom stereocenters. The number of phenolic OH excluding ortho intramolecular Hbond substituents is 2. The molecular weight excluding hydrogens is 590 g/mol. The number of carbonyl (C=O) groups is 1. The number of fused-ring (bicyclic) bond motifs is 1. The van der Waals surface area contributed by atoms with Gasteiger partial charge in [-0.25, -0.2) is 0 Å². The number of benzene rings is 2. The second-order valence-corrected chi connectivity index (χ2v) is 10.7. The molecule has 3 aliphatic heterocycles. The van der Waals surface area contributed by atoms with Gasteiger partial charge in [0.05, 0.1) is 26.2 Å². The molecule has 0 saturated carbocycles. The predicted octanol–water partition coefficient (Wildman–Crippen LogP) is -0.382. The molecule has 16 heteroatoms. The Morgan fingerprint density at radius 1 is 0.909 bits per heavy atom. The topological polar surface area (TPSA) is 243 Å². The maximum Gasteiger partial charge on any atom is 0.229 e. The Labute approximate surface area is 249 Å². The highest BCUT2D eigenvalue weighted by Gasteiger charge is 2.49. The number of aliphatic hydroxyl groups excluding tert-OH is 5. The van der Waals surface area contributed by atoms with Crippen molar-refractivity contribution < 1.29 is 69.0 Å². The third-order valence-electron chi connectivity index (χ3n) is 7.82. The molecule has 3 aliphatic rings. The van der Waals surface area contributed by atoms with Crippen molar-refractivity contribution in [3.63, 3.8) is 0 Å². The first-order valence-electron chi connectivity index (χ1n) is 13.7. The standard InChI is InChI=1S/C28H33NO15/c1-10-22(33)25(36)26(37)28(41-10)40-9-19-23(34)24(35)21(29-38)27(44-19)42-12-6-14(31)20-15(32)8-17(43-18(20)7-12)11-3-4-16(39-2)13(30)5-11/h3-7,10,17,19,21-28,30-31,33-37H,8-9H2,1-2H3/t10-,17-,19?,21-,22-,23+,24?,25?,26?,27+,28+/m0/s1. The van der Waals surface area contributed by atoms with Crippen LogP contribution < -0.4 is 14.2 Å². The van der Waals surface area contributed by atoms with Crippen LogP contribution in [0.5, 0.6) is 28.7 Å². The Kier molecular flexibility index (Phi) is 9.24. The molecule has 0 bridgehead atoms. The molecule has 0 radical (unpaired) electrons. The summed E-state index contributed by atoms with van der Waals surface area (Å²) in [6.45, 7) is 0.925. The highest BCUT2D eigenvalue weighted by molar-refractivity contribution is 6.02. The lowest BCUT2D eigenvalue weighted by molar-refractivity contribution is -0.310. The minimum absolute atomic E-state index is 0.0678. The predicted molar refractivity (Wildman–Crippen MR) is 144 cm³/mol. The lowest BCUT2D eigenvalue weighted by atomic mass is 9.95. The van der Waals surface area contributed by atoms with Crippen molar-refractivity contribution in [2.45, 2.75) is 80.8 Å². The van der Waals surface area contributed by atoms with Crippen LogP contribution in [0, 0.1) is 4.91 Å². The minimum atomic E-state index is -1.79. The van der Waals surface area contributed by atoms with E-state index < -0.39 is 85.6 Å². The molecule has 7 N–H and O–H groups in total. The first-order chi connectivity index (χ1) is 20.9. The molecule has 2 aromatic rings. The average Bonchev–Trinajstić information content (AvgIpc) is 2.99. The monoisotopic (exact) mass is 623 g/mol. The van der Waals surface area contributed by atoms with E-state index in [1.807, 2.05) is 0 Å². The van der Waals surface area contributed by atoms with Gasteiger partial charge in [0.15, 0.2) is 29.6 Å². The highest BCUT2D eigenvalue weighted by atomic mass is 16.7. The first-order valence-corrected chi connectivity index (χ1v) is 13.7. The van der Waals surface area contributed by atoms with Crippen LogP contribution in [0.2, 0.25) is 0 Å². The van der Waals surface area contributed by atoms with Crippen LogP contribution in [0.1, 0.15) is 35.4 Å². The van der Waals surface area contributed by atoms with Gasteiger partial charge in [0, 0.05) is 12.1 Å². The lowest BCUT2D eigenvalue weighted by Gasteiger charge is -2.42. The van der Waals surface area contributed by atoms with Crippen molar-refractivity contribution in [2.24, 2.45) is 5.18 Å². The molecule has 4 unspecified atom stereocenters. The Bertz CT molecular complexity index is 1370.